The normalized spacial score (nSPS) is 11.5. The Bertz CT molecular complexity index is 1300. The van der Waals surface area contributed by atoms with E-state index >= 15 is 0 Å². The van der Waals surface area contributed by atoms with Gasteiger partial charge in [0.05, 0.1) is 24.1 Å². The van der Waals surface area contributed by atoms with E-state index in [1.807, 2.05) is 6.07 Å². The van der Waals surface area contributed by atoms with E-state index in [0.29, 0.717) is 28.1 Å². The van der Waals surface area contributed by atoms with Gasteiger partial charge in [-0.25, -0.2) is 15.0 Å². The average Bonchev–Trinajstić information content (AvgIpc) is 3.10. The van der Waals surface area contributed by atoms with Crippen LogP contribution in [-0.2, 0) is 12.7 Å². The highest BCUT2D eigenvalue weighted by atomic mass is 19.4. The molecule has 0 bridgehead atoms. The molecule has 4 aromatic rings. The SMILES string of the molecule is N#Cc1cccc(-c2nc(N)nc3c2ncn3Cc2ccc(N)c(C(F)(F)F)c2)n1. The molecule has 0 fully saturated rings. The van der Waals surface area contributed by atoms with E-state index in [1.54, 1.807) is 22.8 Å². The molecule has 3 heterocycles. The number of hydrogen-bond donors (Lipinski definition) is 2. The van der Waals surface area contributed by atoms with Crippen LogP contribution in [0.4, 0.5) is 24.8 Å². The average molecular weight is 410 g/mol. The number of fused-ring (bicyclic) bond motifs is 1. The predicted molar refractivity (Wildman–Crippen MR) is 103 cm³/mol. The first-order valence-electron chi connectivity index (χ1n) is 8.57. The van der Waals surface area contributed by atoms with Crippen molar-refractivity contribution >= 4 is 22.8 Å². The number of alkyl halides is 3. The fourth-order valence-corrected chi connectivity index (χ4v) is 3.03. The number of nitrogens with zero attached hydrogens (tertiary/aromatic N) is 6. The minimum atomic E-state index is -4.56. The van der Waals surface area contributed by atoms with Crippen LogP contribution in [0.3, 0.4) is 0 Å². The van der Waals surface area contributed by atoms with E-state index in [9.17, 15) is 13.2 Å². The maximum Gasteiger partial charge on any atom is 0.418 e. The van der Waals surface area contributed by atoms with Crippen molar-refractivity contribution in [1.82, 2.24) is 24.5 Å². The largest absolute Gasteiger partial charge is 0.418 e. The van der Waals surface area contributed by atoms with Gasteiger partial charge in [0.25, 0.3) is 0 Å². The minimum Gasteiger partial charge on any atom is -0.398 e. The zero-order chi connectivity index (χ0) is 21.5. The van der Waals surface area contributed by atoms with Crippen LogP contribution in [0.5, 0.6) is 0 Å². The summed E-state index contributed by atoms with van der Waals surface area (Å²) in [5, 5.41) is 9.07. The number of anilines is 2. The molecular formula is C19H13F3N8. The number of imidazole rings is 1. The number of rotatable bonds is 3. The van der Waals surface area contributed by atoms with E-state index < -0.39 is 11.7 Å². The molecule has 3 aromatic heterocycles. The number of aromatic nitrogens is 5. The molecule has 4 N–H and O–H groups in total. The Morgan fingerprint density at radius 3 is 2.60 bits per heavy atom. The Morgan fingerprint density at radius 1 is 1.07 bits per heavy atom. The van der Waals surface area contributed by atoms with Gasteiger partial charge in [0.1, 0.15) is 23.0 Å². The number of hydrogen-bond acceptors (Lipinski definition) is 7. The lowest BCUT2D eigenvalue weighted by Crippen LogP contribution is -2.10. The van der Waals surface area contributed by atoms with Gasteiger partial charge in [-0.1, -0.05) is 12.1 Å². The Kier molecular flexibility index (Phi) is 4.46. The molecule has 0 atom stereocenters. The summed E-state index contributed by atoms with van der Waals surface area (Å²) >= 11 is 0. The van der Waals surface area contributed by atoms with Crippen molar-refractivity contribution in [1.29, 1.82) is 5.26 Å². The van der Waals surface area contributed by atoms with Crippen LogP contribution < -0.4 is 11.5 Å². The Balaban J connectivity index is 1.80. The molecule has 0 amide bonds. The summed E-state index contributed by atoms with van der Waals surface area (Å²) in [7, 11) is 0. The second-order valence-corrected chi connectivity index (χ2v) is 6.41. The van der Waals surface area contributed by atoms with Gasteiger partial charge in [0, 0.05) is 5.69 Å². The Morgan fingerprint density at radius 2 is 1.87 bits per heavy atom. The van der Waals surface area contributed by atoms with E-state index in [4.69, 9.17) is 16.7 Å². The number of halogens is 3. The lowest BCUT2D eigenvalue weighted by Gasteiger charge is -2.12. The molecule has 30 heavy (non-hydrogen) atoms. The van der Waals surface area contributed by atoms with Gasteiger partial charge in [-0.15, -0.1) is 0 Å². The molecule has 0 aliphatic carbocycles. The number of nitrogens with two attached hydrogens (primary N) is 2. The van der Waals surface area contributed by atoms with E-state index in [2.05, 4.69) is 19.9 Å². The number of nitrogen functional groups attached to an aromatic ring is 2. The van der Waals surface area contributed by atoms with Gasteiger partial charge < -0.3 is 16.0 Å². The van der Waals surface area contributed by atoms with Crippen LogP contribution in [0.1, 0.15) is 16.8 Å². The predicted octanol–water partition coefficient (Wildman–Crippen LogP) is 2.99. The van der Waals surface area contributed by atoms with Crippen molar-refractivity contribution in [3.63, 3.8) is 0 Å². The molecular weight excluding hydrogens is 397 g/mol. The molecule has 0 saturated carbocycles. The van der Waals surface area contributed by atoms with Crippen molar-refractivity contribution in [2.45, 2.75) is 12.7 Å². The second kappa shape index (κ2) is 7.00. The second-order valence-electron chi connectivity index (χ2n) is 6.41. The topological polar surface area (TPSA) is 132 Å². The number of nitriles is 1. The van der Waals surface area contributed by atoms with Crippen molar-refractivity contribution in [2.75, 3.05) is 11.5 Å². The quantitative estimate of drug-likeness (QED) is 0.496. The highest BCUT2D eigenvalue weighted by molar-refractivity contribution is 5.87. The first kappa shape index (κ1) is 19.1. The maximum absolute atomic E-state index is 13.1. The first-order chi connectivity index (χ1) is 14.3. The number of benzene rings is 1. The standard InChI is InChI=1S/C19H13F3N8/c20-19(21,22)12-6-10(4-5-13(12)24)8-30-9-26-16-15(28-18(25)29-17(16)30)14-3-1-2-11(7-23)27-14/h1-6,9H,8,24H2,(H2,25,28,29). The summed E-state index contributed by atoms with van der Waals surface area (Å²) < 4.78 is 41.0. The molecule has 150 valence electrons. The third-order valence-corrected chi connectivity index (χ3v) is 4.36. The molecule has 1 aromatic carbocycles. The van der Waals surface area contributed by atoms with Crippen LogP contribution in [0, 0.1) is 11.3 Å². The van der Waals surface area contributed by atoms with Crippen molar-refractivity contribution in [3.8, 4) is 17.5 Å². The van der Waals surface area contributed by atoms with Crippen LogP contribution in [0.2, 0.25) is 0 Å². The fraction of sp³-hybridized carbons (Fsp3) is 0.105. The van der Waals surface area contributed by atoms with E-state index in [1.165, 1.54) is 18.5 Å². The molecule has 0 saturated heterocycles. The molecule has 0 radical (unpaired) electrons. The smallest absolute Gasteiger partial charge is 0.398 e. The van der Waals surface area contributed by atoms with Crippen LogP contribution in [-0.4, -0.2) is 24.5 Å². The third-order valence-electron chi connectivity index (χ3n) is 4.36. The monoisotopic (exact) mass is 410 g/mol. The van der Waals surface area contributed by atoms with Crippen molar-refractivity contribution in [3.05, 3.63) is 59.5 Å². The van der Waals surface area contributed by atoms with Gasteiger partial charge in [-0.05, 0) is 29.8 Å². The maximum atomic E-state index is 13.1. The first-order valence-corrected chi connectivity index (χ1v) is 8.57. The summed E-state index contributed by atoms with van der Waals surface area (Å²) in [5.41, 5.74) is 12.0. The van der Waals surface area contributed by atoms with Gasteiger partial charge in [0.2, 0.25) is 5.95 Å². The lowest BCUT2D eigenvalue weighted by molar-refractivity contribution is -0.136. The number of pyridine rings is 1. The van der Waals surface area contributed by atoms with Crippen LogP contribution in [0.15, 0.2) is 42.7 Å². The van der Waals surface area contributed by atoms with Crippen molar-refractivity contribution < 1.29 is 13.2 Å². The van der Waals surface area contributed by atoms with Crippen molar-refractivity contribution in [2.24, 2.45) is 0 Å². The highest BCUT2D eigenvalue weighted by Crippen LogP contribution is 2.34. The molecule has 0 spiro atoms. The zero-order valence-electron chi connectivity index (χ0n) is 15.2. The fourth-order valence-electron chi connectivity index (χ4n) is 3.03. The minimum absolute atomic E-state index is 0.0570. The van der Waals surface area contributed by atoms with Crippen LogP contribution in [0.25, 0.3) is 22.6 Å². The zero-order valence-corrected chi connectivity index (χ0v) is 15.2. The van der Waals surface area contributed by atoms with Crippen LogP contribution >= 0.6 is 0 Å². The molecule has 11 heteroatoms. The van der Waals surface area contributed by atoms with Gasteiger partial charge in [0.15, 0.2) is 5.65 Å². The Hall–Kier alpha value is -4.20. The summed E-state index contributed by atoms with van der Waals surface area (Å²) in [4.78, 5) is 16.8. The van der Waals surface area contributed by atoms with E-state index in [-0.39, 0.29) is 23.9 Å². The molecule has 0 aliphatic rings. The lowest BCUT2D eigenvalue weighted by atomic mass is 10.1. The molecule has 8 nitrogen and oxygen atoms in total. The highest BCUT2D eigenvalue weighted by Gasteiger charge is 2.33. The summed E-state index contributed by atoms with van der Waals surface area (Å²) in [6.07, 6.45) is -3.13. The van der Waals surface area contributed by atoms with Gasteiger partial charge >= 0.3 is 6.18 Å². The van der Waals surface area contributed by atoms with E-state index in [0.717, 1.165) is 6.07 Å². The summed E-state index contributed by atoms with van der Waals surface area (Å²) in [6.45, 7) is 0.0570. The molecule has 0 unspecified atom stereocenters. The summed E-state index contributed by atoms with van der Waals surface area (Å²) in [5.74, 6) is -0.0586. The van der Waals surface area contributed by atoms with Gasteiger partial charge in [-0.2, -0.15) is 23.4 Å². The third kappa shape index (κ3) is 3.46. The van der Waals surface area contributed by atoms with Gasteiger partial charge in [-0.3, -0.25) is 0 Å². The molecule has 4 rings (SSSR count). The summed E-state index contributed by atoms with van der Waals surface area (Å²) in [6, 6.07) is 10.5. The molecule has 0 aliphatic heterocycles. The Labute approximate surface area is 167 Å².